The summed E-state index contributed by atoms with van der Waals surface area (Å²) in [6.07, 6.45) is 3.71. The minimum atomic E-state index is -0.270. The summed E-state index contributed by atoms with van der Waals surface area (Å²) in [5, 5.41) is 3.38. The van der Waals surface area contributed by atoms with Crippen LogP contribution in [0.5, 0.6) is 0 Å². The smallest absolute Gasteiger partial charge is 0.237 e. The van der Waals surface area contributed by atoms with Gasteiger partial charge in [0.15, 0.2) is 0 Å². The summed E-state index contributed by atoms with van der Waals surface area (Å²) in [4.78, 5) is 21.2. The van der Waals surface area contributed by atoms with E-state index in [1.165, 1.54) is 12.1 Å². The summed E-state index contributed by atoms with van der Waals surface area (Å²) < 4.78 is 15.1. The number of carbonyl (C=O) groups excluding carboxylic acids is 1. The summed E-state index contributed by atoms with van der Waals surface area (Å²) in [6, 6.07) is 6.27. The minimum Gasteiger partial charge on any atom is -0.338 e. The lowest BCUT2D eigenvalue weighted by atomic mass is 10.1. The van der Waals surface area contributed by atoms with E-state index in [9.17, 15) is 9.18 Å². The predicted octanol–water partition coefficient (Wildman–Crippen LogP) is 1.73. The van der Waals surface area contributed by atoms with Gasteiger partial charge in [-0.05, 0) is 24.6 Å². The molecule has 1 aliphatic rings. The molecule has 1 fully saturated rings. The first-order valence-electron chi connectivity index (χ1n) is 8.90. The molecule has 1 amide bonds. The molecule has 1 saturated heterocycles. The first-order valence-corrected chi connectivity index (χ1v) is 8.90. The normalized spacial score (nSPS) is 19.3. The number of nitrogens with one attached hydrogen (secondary N) is 1. The van der Waals surface area contributed by atoms with E-state index >= 15 is 0 Å². The van der Waals surface area contributed by atoms with Gasteiger partial charge in [-0.2, -0.15) is 0 Å². The molecule has 2 unspecified atom stereocenters. The van der Waals surface area contributed by atoms with Crippen molar-refractivity contribution in [2.45, 2.75) is 19.0 Å². The van der Waals surface area contributed by atoms with Gasteiger partial charge in [0.05, 0.1) is 18.6 Å². The molecule has 0 bridgehead atoms. The Morgan fingerprint density at radius 2 is 2.15 bits per heavy atom. The molecule has 0 radical (unpaired) electrons. The lowest BCUT2D eigenvalue weighted by Crippen LogP contribution is -2.50. The maximum Gasteiger partial charge on any atom is 0.237 e. The second-order valence-electron chi connectivity index (χ2n) is 6.82. The molecule has 140 valence electrons. The Kier molecular flexibility index (Phi) is 5.68. The number of aromatic nitrogens is 2. The molecule has 2 heterocycles. The molecule has 2 aromatic rings. The third-order valence-corrected chi connectivity index (χ3v) is 5.18. The fourth-order valence-corrected chi connectivity index (χ4v) is 3.35. The van der Waals surface area contributed by atoms with Crippen molar-refractivity contribution in [1.82, 2.24) is 24.7 Å². The van der Waals surface area contributed by atoms with Crippen molar-refractivity contribution in [3.8, 4) is 0 Å². The number of likely N-dealkylation sites (N-methyl/N-ethyl adjacent to an activating group) is 1. The maximum absolute atomic E-state index is 13.1. The molecule has 3 rings (SSSR count). The van der Waals surface area contributed by atoms with Gasteiger partial charge in [-0.1, -0.05) is 12.1 Å². The standard InChI is InChI=1S/C19H26FN5O/c1-14(15-4-6-16(20)7-5-15)24(3)18(26)13-25-11-8-21-12-17(25)19-22-9-10-23(19)2/h4-7,9-10,14,17,21H,8,11-13H2,1-3H3. The Balaban J connectivity index is 1.69. The zero-order valence-corrected chi connectivity index (χ0v) is 15.5. The van der Waals surface area contributed by atoms with Crippen LogP contribution in [0.15, 0.2) is 36.7 Å². The van der Waals surface area contributed by atoms with Crippen LogP contribution < -0.4 is 5.32 Å². The highest BCUT2D eigenvalue weighted by molar-refractivity contribution is 5.78. The van der Waals surface area contributed by atoms with Crippen LogP contribution in [0.2, 0.25) is 0 Å². The van der Waals surface area contributed by atoms with E-state index < -0.39 is 0 Å². The monoisotopic (exact) mass is 359 g/mol. The molecule has 2 atom stereocenters. The number of halogens is 1. The molecular weight excluding hydrogens is 333 g/mol. The summed E-state index contributed by atoms with van der Waals surface area (Å²) in [5.74, 6) is 0.732. The molecular formula is C19H26FN5O. The largest absolute Gasteiger partial charge is 0.338 e. The molecule has 0 aliphatic carbocycles. The number of carbonyl (C=O) groups is 1. The lowest BCUT2D eigenvalue weighted by Gasteiger charge is -2.36. The van der Waals surface area contributed by atoms with Gasteiger partial charge in [-0.3, -0.25) is 9.69 Å². The third-order valence-electron chi connectivity index (χ3n) is 5.18. The van der Waals surface area contributed by atoms with E-state index in [1.807, 2.05) is 24.7 Å². The predicted molar refractivity (Wildman–Crippen MR) is 98.0 cm³/mol. The molecule has 26 heavy (non-hydrogen) atoms. The van der Waals surface area contributed by atoms with Crippen molar-refractivity contribution in [3.05, 3.63) is 53.9 Å². The second-order valence-corrected chi connectivity index (χ2v) is 6.82. The molecule has 0 spiro atoms. The Labute approximate surface area is 153 Å². The SMILES string of the molecule is CC(c1ccc(F)cc1)N(C)C(=O)CN1CCNCC1c1nccn1C. The van der Waals surface area contributed by atoms with Crippen LogP contribution in [0.25, 0.3) is 0 Å². The highest BCUT2D eigenvalue weighted by atomic mass is 19.1. The van der Waals surface area contributed by atoms with Crippen LogP contribution >= 0.6 is 0 Å². The van der Waals surface area contributed by atoms with Crippen molar-refractivity contribution >= 4 is 5.91 Å². The van der Waals surface area contributed by atoms with E-state index in [0.29, 0.717) is 6.54 Å². The van der Waals surface area contributed by atoms with Gasteiger partial charge in [-0.25, -0.2) is 9.37 Å². The van der Waals surface area contributed by atoms with Crippen molar-refractivity contribution < 1.29 is 9.18 Å². The molecule has 6 nitrogen and oxygen atoms in total. The quantitative estimate of drug-likeness (QED) is 0.883. The average Bonchev–Trinajstić information content (AvgIpc) is 3.07. The number of benzene rings is 1. The van der Waals surface area contributed by atoms with Crippen LogP contribution in [0, 0.1) is 5.82 Å². The van der Waals surface area contributed by atoms with Crippen molar-refractivity contribution in [2.24, 2.45) is 7.05 Å². The van der Waals surface area contributed by atoms with Crippen molar-refractivity contribution in [2.75, 3.05) is 33.2 Å². The Morgan fingerprint density at radius 3 is 2.81 bits per heavy atom. The van der Waals surface area contributed by atoms with Gasteiger partial charge in [0.1, 0.15) is 11.6 Å². The number of nitrogens with zero attached hydrogens (tertiary/aromatic N) is 4. The van der Waals surface area contributed by atoms with E-state index in [-0.39, 0.29) is 23.8 Å². The van der Waals surface area contributed by atoms with Gasteiger partial charge < -0.3 is 14.8 Å². The van der Waals surface area contributed by atoms with Crippen LogP contribution in [-0.4, -0.2) is 58.5 Å². The van der Waals surface area contributed by atoms with Gasteiger partial charge in [0.2, 0.25) is 5.91 Å². The fourth-order valence-electron chi connectivity index (χ4n) is 3.35. The summed E-state index contributed by atoms with van der Waals surface area (Å²) in [5.41, 5.74) is 0.920. The van der Waals surface area contributed by atoms with Crippen LogP contribution in [0.1, 0.15) is 30.4 Å². The highest BCUT2D eigenvalue weighted by Gasteiger charge is 2.29. The van der Waals surface area contributed by atoms with Crippen LogP contribution in [0.3, 0.4) is 0 Å². The number of hydrogen-bond donors (Lipinski definition) is 1. The Hall–Kier alpha value is -2.25. The minimum absolute atomic E-state index is 0.0444. The second kappa shape index (κ2) is 7.97. The Morgan fingerprint density at radius 1 is 1.42 bits per heavy atom. The molecule has 1 aromatic carbocycles. The molecule has 1 N–H and O–H groups in total. The maximum atomic E-state index is 13.1. The van der Waals surface area contributed by atoms with Crippen molar-refractivity contribution in [1.29, 1.82) is 0 Å². The first-order chi connectivity index (χ1) is 12.5. The van der Waals surface area contributed by atoms with Crippen molar-refractivity contribution in [3.63, 3.8) is 0 Å². The van der Waals surface area contributed by atoms with Gasteiger partial charge >= 0.3 is 0 Å². The van der Waals surface area contributed by atoms with E-state index in [1.54, 1.807) is 30.3 Å². The van der Waals surface area contributed by atoms with Gasteiger partial charge in [0.25, 0.3) is 0 Å². The highest BCUT2D eigenvalue weighted by Crippen LogP contribution is 2.23. The third kappa shape index (κ3) is 3.94. The number of imidazole rings is 1. The summed E-state index contributed by atoms with van der Waals surface area (Å²) >= 11 is 0. The molecule has 1 aliphatic heterocycles. The molecule has 0 saturated carbocycles. The summed E-state index contributed by atoms with van der Waals surface area (Å²) in [6.45, 7) is 4.71. The number of amides is 1. The Bertz CT molecular complexity index is 745. The van der Waals surface area contributed by atoms with E-state index in [4.69, 9.17) is 0 Å². The zero-order chi connectivity index (χ0) is 18.7. The van der Waals surface area contributed by atoms with E-state index in [2.05, 4.69) is 15.2 Å². The van der Waals surface area contributed by atoms with E-state index in [0.717, 1.165) is 31.0 Å². The molecule has 7 heteroatoms. The van der Waals surface area contributed by atoms with Crippen LogP contribution in [0.4, 0.5) is 4.39 Å². The van der Waals surface area contributed by atoms with Gasteiger partial charge in [0, 0.05) is 46.1 Å². The summed E-state index contributed by atoms with van der Waals surface area (Å²) in [7, 11) is 3.77. The average molecular weight is 359 g/mol. The van der Waals surface area contributed by atoms with Gasteiger partial charge in [-0.15, -0.1) is 0 Å². The number of piperazine rings is 1. The number of rotatable bonds is 5. The number of aryl methyl sites for hydroxylation is 1. The number of hydrogen-bond acceptors (Lipinski definition) is 4. The topological polar surface area (TPSA) is 53.4 Å². The zero-order valence-electron chi connectivity index (χ0n) is 15.5. The first kappa shape index (κ1) is 18.5. The molecule has 1 aromatic heterocycles. The lowest BCUT2D eigenvalue weighted by molar-refractivity contribution is -0.134. The fraction of sp³-hybridized carbons (Fsp3) is 0.474. The van der Waals surface area contributed by atoms with Crippen LogP contribution in [-0.2, 0) is 11.8 Å².